The number of aliphatic carboxylic acids is 1. The third-order valence-corrected chi connectivity index (χ3v) is 13.3. The number of esters is 2. The maximum atomic E-state index is 12.9. The van der Waals surface area contributed by atoms with Gasteiger partial charge in [-0.2, -0.15) is 0 Å². The van der Waals surface area contributed by atoms with Crippen LogP contribution < -0.4 is 0 Å². The minimum absolute atomic E-state index is 0.183. The van der Waals surface area contributed by atoms with E-state index in [9.17, 15) is 19.5 Å². The van der Waals surface area contributed by atoms with E-state index < -0.39 is 24.3 Å². The van der Waals surface area contributed by atoms with Crippen molar-refractivity contribution in [2.45, 2.75) is 270 Å². The molecule has 9 heteroatoms. The number of carbonyl (C=O) groups excluding carboxylic acids is 2. The molecule has 0 radical (unpaired) electrons. The Bertz CT molecular complexity index is 1580. The first-order valence-electron chi connectivity index (χ1n) is 31.4. The van der Waals surface area contributed by atoms with E-state index in [1.165, 1.54) is 141 Å². The maximum absolute atomic E-state index is 12.9. The summed E-state index contributed by atoms with van der Waals surface area (Å²) in [5.41, 5.74) is 0. The zero-order chi connectivity index (χ0) is 56.2. The molecule has 442 valence electrons. The van der Waals surface area contributed by atoms with Crippen LogP contribution >= 0.6 is 0 Å². The van der Waals surface area contributed by atoms with Crippen molar-refractivity contribution in [1.82, 2.24) is 0 Å². The molecule has 0 aromatic rings. The van der Waals surface area contributed by atoms with Crippen LogP contribution in [0.1, 0.15) is 258 Å². The van der Waals surface area contributed by atoms with Gasteiger partial charge in [0.05, 0.1) is 34.4 Å². The SMILES string of the molecule is CC/C=C\C/C=C\C/C=C\C/C=C\C/C=C\C/C=C\CCCCCCCCCCCCCCC(=O)OC(COC(=O)CCCCCCCCCCC/C=C\C/C=C\CCCCCCC)COC(OCC[N+](C)(C)C)C(=O)O. The molecule has 0 aromatic carbocycles. The Morgan fingerprint density at radius 1 is 0.403 bits per heavy atom. The minimum Gasteiger partial charge on any atom is -0.477 e. The molecule has 77 heavy (non-hydrogen) atoms. The summed E-state index contributed by atoms with van der Waals surface area (Å²) in [7, 11) is 5.97. The molecule has 9 nitrogen and oxygen atoms in total. The highest BCUT2D eigenvalue weighted by atomic mass is 16.7. The first kappa shape index (κ1) is 73.2. The summed E-state index contributed by atoms with van der Waals surface area (Å²) in [6, 6.07) is 0. The van der Waals surface area contributed by atoms with E-state index >= 15 is 0 Å². The number of nitrogens with zero attached hydrogens (tertiary/aromatic N) is 1. The van der Waals surface area contributed by atoms with Gasteiger partial charge in [-0.1, -0.05) is 246 Å². The largest absolute Gasteiger partial charge is 0.477 e. The number of hydrogen-bond donors (Lipinski definition) is 1. The summed E-state index contributed by atoms with van der Waals surface area (Å²) >= 11 is 0. The van der Waals surface area contributed by atoms with Gasteiger partial charge in [-0.3, -0.25) is 9.59 Å². The second kappa shape index (κ2) is 58.4. The third-order valence-electron chi connectivity index (χ3n) is 13.3. The molecule has 0 bridgehead atoms. The number of likely N-dealkylation sites (N-methyl/N-ethyl adjacent to an activating group) is 1. The number of ether oxygens (including phenoxy) is 4. The predicted molar refractivity (Wildman–Crippen MR) is 327 cm³/mol. The highest BCUT2D eigenvalue weighted by Gasteiger charge is 2.25. The molecule has 0 aromatic heterocycles. The van der Waals surface area contributed by atoms with Crippen LogP contribution in [-0.4, -0.2) is 87.4 Å². The second-order valence-corrected chi connectivity index (χ2v) is 22.0. The lowest BCUT2D eigenvalue weighted by Gasteiger charge is -2.25. The molecule has 0 spiro atoms. The van der Waals surface area contributed by atoms with Crippen molar-refractivity contribution >= 4 is 17.9 Å². The van der Waals surface area contributed by atoms with E-state index in [0.717, 1.165) is 83.5 Å². The van der Waals surface area contributed by atoms with Crippen molar-refractivity contribution < 1.29 is 42.9 Å². The third kappa shape index (κ3) is 59.7. The maximum Gasteiger partial charge on any atom is 0.361 e. The number of quaternary nitrogens is 1. The van der Waals surface area contributed by atoms with E-state index in [-0.39, 0.29) is 32.2 Å². The average molecular weight is 1080 g/mol. The van der Waals surface area contributed by atoms with Gasteiger partial charge >= 0.3 is 17.9 Å². The van der Waals surface area contributed by atoms with Crippen molar-refractivity contribution in [3.63, 3.8) is 0 Å². The van der Waals surface area contributed by atoms with E-state index in [1.807, 2.05) is 21.1 Å². The highest BCUT2D eigenvalue weighted by molar-refractivity contribution is 5.71. The van der Waals surface area contributed by atoms with Gasteiger partial charge in [-0.25, -0.2) is 4.79 Å². The standard InChI is InChI=1S/C68H117NO8/c1-6-8-10-12-14-16-18-20-22-24-26-28-29-30-31-32-33-34-35-36-37-39-41-43-45-47-49-51-53-55-57-59-66(71)77-64(63-76-68(67(72)73)74-61-60-69(3,4)5)62-75-65(70)58-56-54-52-50-48-46-44-42-40-38-27-25-23-21-19-17-15-13-11-9-7-2/h8,10,14,16,19-22,25-28,30-31,33-34,64,68H,6-7,9,11-13,15,17-18,23-24,29,32,35-63H2,1-5H3/p+1/b10-8-,16-14-,21-19-,22-20-,27-25-,28-26-,31-30-,34-33-. The Kier molecular flexibility index (Phi) is 55.5. The topological polar surface area (TPSA) is 108 Å². The first-order chi connectivity index (χ1) is 37.6. The summed E-state index contributed by atoms with van der Waals surface area (Å²) in [6.45, 7) is 4.76. The Balaban J connectivity index is 4.21. The van der Waals surface area contributed by atoms with Crippen LogP contribution in [0.3, 0.4) is 0 Å². The van der Waals surface area contributed by atoms with Crippen molar-refractivity contribution in [1.29, 1.82) is 0 Å². The fourth-order valence-corrected chi connectivity index (χ4v) is 8.52. The van der Waals surface area contributed by atoms with Crippen LogP contribution in [0.5, 0.6) is 0 Å². The molecule has 2 unspecified atom stereocenters. The molecular formula is C68H118NO8+. The molecule has 0 aliphatic carbocycles. The summed E-state index contributed by atoms with van der Waals surface area (Å²) in [6.07, 6.45) is 76.3. The van der Waals surface area contributed by atoms with Gasteiger partial charge < -0.3 is 28.5 Å². The Morgan fingerprint density at radius 3 is 1.10 bits per heavy atom. The number of unbranched alkanes of at least 4 members (excludes halogenated alkanes) is 26. The van der Waals surface area contributed by atoms with Crippen LogP contribution in [0.15, 0.2) is 97.2 Å². The molecule has 0 fully saturated rings. The monoisotopic (exact) mass is 1080 g/mol. The van der Waals surface area contributed by atoms with Crippen LogP contribution in [-0.2, 0) is 33.3 Å². The normalized spacial score (nSPS) is 13.4. The minimum atomic E-state index is -1.52. The number of carbonyl (C=O) groups is 3. The van der Waals surface area contributed by atoms with Gasteiger partial charge in [-0.15, -0.1) is 0 Å². The van der Waals surface area contributed by atoms with Gasteiger partial charge in [0.15, 0.2) is 6.10 Å². The van der Waals surface area contributed by atoms with Crippen molar-refractivity contribution in [2.75, 3.05) is 47.5 Å². The molecule has 0 aliphatic heterocycles. The molecule has 0 heterocycles. The van der Waals surface area contributed by atoms with Crippen molar-refractivity contribution in [3.05, 3.63) is 97.2 Å². The van der Waals surface area contributed by atoms with Gasteiger partial charge in [0.2, 0.25) is 0 Å². The van der Waals surface area contributed by atoms with Crippen molar-refractivity contribution in [2.24, 2.45) is 0 Å². The molecule has 0 saturated carbocycles. The molecule has 1 N–H and O–H groups in total. The Hall–Kier alpha value is -3.79. The second-order valence-electron chi connectivity index (χ2n) is 22.0. The predicted octanol–water partition coefficient (Wildman–Crippen LogP) is 18.9. The summed E-state index contributed by atoms with van der Waals surface area (Å²) < 4.78 is 22.9. The van der Waals surface area contributed by atoms with Crippen LogP contribution in [0.4, 0.5) is 0 Å². The summed E-state index contributed by atoms with van der Waals surface area (Å²) in [5, 5.41) is 9.72. The van der Waals surface area contributed by atoms with E-state index in [2.05, 4.69) is 111 Å². The molecule has 0 amide bonds. The van der Waals surface area contributed by atoms with Gasteiger partial charge in [0.25, 0.3) is 6.29 Å². The van der Waals surface area contributed by atoms with Gasteiger partial charge in [-0.05, 0) is 96.3 Å². The molecule has 0 rings (SSSR count). The first-order valence-corrected chi connectivity index (χ1v) is 31.4. The average Bonchev–Trinajstić information content (AvgIpc) is 3.40. The lowest BCUT2D eigenvalue weighted by molar-refractivity contribution is -0.870. The smallest absolute Gasteiger partial charge is 0.361 e. The highest BCUT2D eigenvalue weighted by Crippen LogP contribution is 2.16. The molecule has 0 saturated heterocycles. The van der Waals surface area contributed by atoms with Gasteiger partial charge in [0, 0.05) is 12.8 Å². The quantitative estimate of drug-likeness (QED) is 0.0211. The van der Waals surface area contributed by atoms with Gasteiger partial charge in [0.1, 0.15) is 13.2 Å². The number of carboxylic acid groups (broad SMARTS) is 1. The van der Waals surface area contributed by atoms with Crippen LogP contribution in [0.25, 0.3) is 0 Å². The zero-order valence-corrected chi connectivity index (χ0v) is 50.3. The molecule has 2 atom stereocenters. The Morgan fingerprint density at radius 2 is 0.740 bits per heavy atom. The fourth-order valence-electron chi connectivity index (χ4n) is 8.52. The zero-order valence-electron chi connectivity index (χ0n) is 50.3. The summed E-state index contributed by atoms with van der Waals surface area (Å²) in [4.78, 5) is 37.5. The number of allylic oxidation sites excluding steroid dienone is 16. The van der Waals surface area contributed by atoms with Crippen LogP contribution in [0, 0.1) is 0 Å². The number of carboxylic acids is 1. The lowest BCUT2D eigenvalue weighted by Crippen LogP contribution is -2.40. The molecular weight excluding hydrogens is 959 g/mol. The van der Waals surface area contributed by atoms with E-state index in [0.29, 0.717) is 23.9 Å². The van der Waals surface area contributed by atoms with Crippen LogP contribution in [0.2, 0.25) is 0 Å². The molecule has 0 aliphatic rings. The Labute approximate surface area is 473 Å². The lowest BCUT2D eigenvalue weighted by atomic mass is 10.0. The van der Waals surface area contributed by atoms with E-state index in [1.54, 1.807) is 0 Å². The summed E-state index contributed by atoms with van der Waals surface area (Å²) in [5.74, 6) is -2.01. The number of rotatable bonds is 57. The van der Waals surface area contributed by atoms with E-state index in [4.69, 9.17) is 18.9 Å². The number of hydrogen-bond acceptors (Lipinski definition) is 7. The fraction of sp³-hybridized carbons (Fsp3) is 0.721. The van der Waals surface area contributed by atoms with Crippen molar-refractivity contribution in [3.8, 4) is 0 Å².